The van der Waals surface area contributed by atoms with E-state index >= 15 is 0 Å². The van der Waals surface area contributed by atoms with Gasteiger partial charge in [0.25, 0.3) is 5.91 Å². The molecule has 2 aliphatic heterocycles. The van der Waals surface area contributed by atoms with Crippen molar-refractivity contribution in [2.75, 3.05) is 39.3 Å². The van der Waals surface area contributed by atoms with E-state index in [0.717, 1.165) is 24.8 Å². The van der Waals surface area contributed by atoms with Crippen molar-refractivity contribution < 1.29 is 19.1 Å². The average molecular weight is 490 g/mol. The lowest BCUT2D eigenvalue weighted by Crippen LogP contribution is -2.50. The van der Waals surface area contributed by atoms with Crippen LogP contribution >= 0.6 is 24.0 Å². The van der Waals surface area contributed by atoms with Gasteiger partial charge in [-0.3, -0.25) is 14.5 Å². The minimum atomic E-state index is -0.311. The molecule has 0 unspecified atom stereocenters. The number of benzene rings is 1. The fraction of sp³-hybridized carbons (Fsp3) is 0.500. The van der Waals surface area contributed by atoms with Gasteiger partial charge in [-0.15, -0.1) is 0 Å². The third-order valence-electron chi connectivity index (χ3n) is 5.68. The van der Waals surface area contributed by atoms with E-state index in [1.807, 2.05) is 42.2 Å². The Hall–Kier alpha value is -2.39. The first-order valence-electron chi connectivity index (χ1n) is 11.4. The summed E-state index contributed by atoms with van der Waals surface area (Å²) in [7, 11) is 0. The molecule has 0 atom stereocenters. The normalized spacial score (nSPS) is 17.8. The number of ether oxygens (including phenoxy) is 1. The Morgan fingerprint density at radius 1 is 1.06 bits per heavy atom. The second-order valence-corrected chi connectivity index (χ2v) is 9.80. The number of thioether (sulfide) groups is 1. The number of thiocarbonyl (C=S) groups is 1. The van der Waals surface area contributed by atoms with E-state index in [0.29, 0.717) is 55.0 Å². The molecule has 1 aromatic rings. The molecule has 9 heteroatoms. The number of hydrogen-bond donors (Lipinski definition) is 0. The molecule has 0 saturated carbocycles. The van der Waals surface area contributed by atoms with Gasteiger partial charge in [0.1, 0.15) is 4.32 Å². The molecule has 0 N–H and O–H groups in total. The maximum atomic E-state index is 12.7. The lowest BCUT2D eigenvalue weighted by Gasteiger charge is -2.34. The monoisotopic (exact) mass is 489 g/mol. The van der Waals surface area contributed by atoms with Gasteiger partial charge in [-0.2, -0.15) is 0 Å². The summed E-state index contributed by atoms with van der Waals surface area (Å²) in [6.45, 7) is 6.85. The van der Waals surface area contributed by atoms with E-state index in [1.54, 1.807) is 16.7 Å². The largest absolute Gasteiger partial charge is 0.450 e. The Morgan fingerprint density at radius 3 is 2.39 bits per heavy atom. The summed E-state index contributed by atoms with van der Waals surface area (Å²) in [6, 6.07) is 8.04. The molecule has 2 fully saturated rings. The van der Waals surface area contributed by atoms with Gasteiger partial charge in [-0.25, -0.2) is 4.79 Å². The molecule has 0 bridgehead atoms. The van der Waals surface area contributed by atoms with Crippen LogP contribution in [0.25, 0.3) is 6.08 Å². The van der Waals surface area contributed by atoms with Gasteiger partial charge in [-0.1, -0.05) is 60.2 Å². The number of hydrogen-bond acceptors (Lipinski definition) is 6. The molecule has 0 radical (unpaired) electrons. The smallest absolute Gasteiger partial charge is 0.409 e. The molecular formula is C24H31N3O4S2. The number of amides is 3. The molecule has 0 aromatic heterocycles. The second-order valence-electron chi connectivity index (χ2n) is 8.12. The van der Waals surface area contributed by atoms with Crippen LogP contribution in [0, 0.1) is 6.92 Å². The molecule has 2 saturated heterocycles. The van der Waals surface area contributed by atoms with Crippen molar-refractivity contribution in [3.63, 3.8) is 0 Å². The van der Waals surface area contributed by atoms with Gasteiger partial charge in [0, 0.05) is 39.1 Å². The number of carbonyl (C=O) groups excluding carboxylic acids is 3. The van der Waals surface area contributed by atoms with Gasteiger partial charge >= 0.3 is 6.09 Å². The van der Waals surface area contributed by atoms with Crippen LogP contribution in [0.4, 0.5) is 4.79 Å². The van der Waals surface area contributed by atoms with Crippen LogP contribution < -0.4 is 0 Å². The summed E-state index contributed by atoms with van der Waals surface area (Å²) in [6.07, 6.45) is 4.47. The van der Waals surface area contributed by atoms with Gasteiger partial charge in [0.2, 0.25) is 5.91 Å². The second kappa shape index (κ2) is 12.2. The zero-order chi connectivity index (χ0) is 23.8. The topological polar surface area (TPSA) is 70.2 Å². The highest BCUT2D eigenvalue weighted by molar-refractivity contribution is 8.26. The number of piperazine rings is 1. The van der Waals surface area contributed by atoms with Crippen molar-refractivity contribution in [1.29, 1.82) is 0 Å². The average Bonchev–Trinajstić information content (AvgIpc) is 3.07. The quantitative estimate of drug-likeness (QED) is 0.312. The molecule has 2 heterocycles. The Kier molecular flexibility index (Phi) is 9.31. The lowest BCUT2D eigenvalue weighted by atomic mass is 10.1. The van der Waals surface area contributed by atoms with Gasteiger partial charge in [-0.05, 0) is 38.3 Å². The summed E-state index contributed by atoms with van der Waals surface area (Å²) in [5.41, 5.74) is 2.17. The SMILES string of the molecule is CCOC(=O)N1CCN(C(=O)CCCCCN2C(=O)/C(=C/c3ccc(C)cc3)SC2=S)CC1. The van der Waals surface area contributed by atoms with E-state index in [4.69, 9.17) is 17.0 Å². The first kappa shape index (κ1) is 25.2. The lowest BCUT2D eigenvalue weighted by molar-refractivity contribution is -0.133. The molecule has 33 heavy (non-hydrogen) atoms. The molecule has 0 spiro atoms. The van der Waals surface area contributed by atoms with Crippen LogP contribution in [-0.4, -0.2) is 76.3 Å². The predicted molar refractivity (Wildman–Crippen MR) is 135 cm³/mol. The number of aryl methyl sites for hydroxylation is 1. The van der Waals surface area contributed by atoms with Crippen molar-refractivity contribution in [3.05, 3.63) is 40.3 Å². The molecule has 0 aliphatic carbocycles. The summed E-state index contributed by atoms with van der Waals surface area (Å²) >= 11 is 6.76. The highest BCUT2D eigenvalue weighted by atomic mass is 32.2. The van der Waals surface area contributed by atoms with Crippen LogP contribution in [-0.2, 0) is 14.3 Å². The minimum Gasteiger partial charge on any atom is -0.450 e. The molecule has 3 amide bonds. The third kappa shape index (κ3) is 7.04. The van der Waals surface area contributed by atoms with Crippen molar-refractivity contribution in [3.8, 4) is 0 Å². The molecular weight excluding hydrogens is 458 g/mol. The first-order chi connectivity index (χ1) is 15.9. The highest BCUT2D eigenvalue weighted by Gasteiger charge is 2.31. The fourth-order valence-corrected chi connectivity index (χ4v) is 5.05. The van der Waals surface area contributed by atoms with Crippen LogP contribution in [0.5, 0.6) is 0 Å². The first-order valence-corrected chi connectivity index (χ1v) is 12.6. The van der Waals surface area contributed by atoms with Crippen molar-refractivity contribution in [2.24, 2.45) is 0 Å². The Bertz CT molecular complexity index is 909. The summed E-state index contributed by atoms with van der Waals surface area (Å²) in [4.78, 5) is 42.7. The van der Waals surface area contributed by atoms with Crippen LogP contribution in [0.3, 0.4) is 0 Å². The van der Waals surface area contributed by atoms with Crippen molar-refractivity contribution in [2.45, 2.75) is 39.5 Å². The molecule has 3 rings (SSSR count). The zero-order valence-electron chi connectivity index (χ0n) is 19.2. The zero-order valence-corrected chi connectivity index (χ0v) is 20.9. The van der Waals surface area contributed by atoms with E-state index in [1.165, 1.54) is 17.3 Å². The van der Waals surface area contributed by atoms with E-state index in [2.05, 4.69) is 0 Å². The number of nitrogens with zero attached hydrogens (tertiary/aromatic N) is 3. The molecule has 2 aliphatic rings. The van der Waals surface area contributed by atoms with Gasteiger partial charge in [0.05, 0.1) is 11.5 Å². The maximum Gasteiger partial charge on any atom is 0.409 e. The van der Waals surface area contributed by atoms with Crippen molar-refractivity contribution in [1.82, 2.24) is 14.7 Å². The molecule has 178 valence electrons. The number of unbranched alkanes of at least 4 members (excludes halogenated alkanes) is 2. The summed E-state index contributed by atoms with van der Waals surface area (Å²) < 4.78 is 5.60. The fourth-order valence-electron chi connectivity index (χ4n) is 3.74. The van der Waals surface area contributed by atoms with Crippen LogP contribution in [0.15, 0.2) is 29.2 Å². The van der Waals surface area contributed by atoms with Gasteiger partial charge in [0.15, 0.2) is 0 Å². The van der Waals surface area contributed by atoms with E-state index in [-0.39, 0.29) is 17.9 Å². The van der Waals surface area contributed by atoms with Crippen LogP contribution in [0.2, 0.25) is 0 Å². The minimum absolute atomic E-state index is 0.0406. The maximum absolute atomic E-state index is 12.7. The van der Waals surface area contributed by atoms with E-state index in [9.17, 15) is 14.4 Å². The highest BCUT2D eigenvalue weighted by Crippen LogP contribution is 2.32. The standard InChI is InChI=1S/C24H31N3O4S2/c1-3-31-23(30)26-15-13-25(14-16-26)21(28)7-5-4-6-12-27-22(29)20(33-24(27)32)17-19-10-8-18(2)9-11-19/h8-11,17H,3-7,12-16H2,1-2H3/b20-17-. The van der Waals surface area contributed by atoms with E-state index < -0.39 is 0 Å². The predicted octanol–water partition coefficient (Wildman–Crippen LogP) is 4.06. The summed E-state index contributed by atoms with van der Waals surface area (Å²) in [5.74, 6) is 0.0753. The molecule has 1 aromatic carbocycles. The summed E-state index contributed by atoms with van der Waals surface area (Å²) in [5, 5.41) is 0. The Labute approximate surface area is 205 Å². The van der Waals surface area contributed by atoms with Crippen LogP contribution in [0.1, 0.15) is 43.7 Å². The number of rotatable bonds is 8. The Balaban J connectivity index is 1.36. The van der Waals surface area contributed by atoms with Crippen molar-refractivity contribution >= 4 is 52.3 Å². The van der Waals surface area contributed by atoms with Gasteiger partial charge < -0.3 is 14.5 Å². The number of carbonyl (C=O) groups is 3. The molecule has 7 nitrogen and oxygen atoms in total. The Morgan fingerprint density at radius 2 is 1.73 bits per heavy atom. The third-order valence-corrected chi connectivity index (χ3v) is 7.06.